The Balaban J connectivity index is 2.66. The first-order chi connectivity index (χ1) is 3.84. The minimum Gasteiger partial charge on any atom is -0.286 e. The van der Waals surface area contributed by atoms with Gasteiger partial charge < -0.3 is 0 Å². The van der Waals surface area contributed by atoms with Crippen LogP contribution in [0.25, 0.3) is 0 Å². The molecule has 8 heavy (non-hydrogen) atoms. The van der Waals surface area contributed by atoms with Gasteiger partial charge in [0.15, 0.2) is 0 Å². The van der Waals surface area contributed by atoms with Gasteiger partial charge in [-0.2, -0.15) is 0 Å². The van der Waals surface area contributed by atoms with Crippen LogP contribution in [0.2, 0.25) is 0 Å². The molecule has 0 amide bonds. The lowest BCUT2D eigenvalue weighted by Crippen LogP contribution is -1.89. The largest absolute Gasteiger partial charge is 0.286 e. The van der Waals surface area contributed by atoms with E-state index in [4.69, 9.17) is 0 Å². The van der Waals surface area contributed by atoms with E-state index >= 15 is 0 Å². The molecule has 0 aliphatic carbocycles. The summed E-state index contributed by atoms with van der Waals surface area (Å²) in [5.74, 6) is 0. The van der Waals surface area contributed by atoms with Crippen molar-refractivity contribution in [1.82, 2.24) is 0 Å². The summed E-state index contributed by atoms with van der Waals surface area (Å²) < 4.78 is 0. The molecule has 1 aliphatic heterocycles. The van der Waals surface area contributed by atoms with Crippen LogP contribution in [0.4, 0.5) is 0 Å². The molecule has 0 N–H and O–H groups in total. The van der Waals surface area contributed by atoms with E-state index in [0.29, 0.717) is 0 Å². The lowest BCUT2D eigenvalue weighted by atomic mass is 10.1. The minimum atomic E-state index is 0.912. The number of hydrogen-bond donors (Lipinski definition) is 0. The molecule has 1 aliphatic rings. The van der Waals surface area contributed by atoms with Gasteiger partial charge in [-0.1, -0.05) is 13.0 Å². The van der Waals surface area contributed by atoms with Gasteiger partial charge in [-0.05, 0) is 18.9 Å². The molecule has 1 rings (SSSR count). The van der Waals surface area contributed by atoms with Crippen LogP contribution in [-0.2, 0) is 0 Å². The zero-order valence-electron chi connectivity index (χ0n) is 5.44. The summed E-state index contributed by atoms with van der Waals surface area (Å²) in [6.07, 6.45) is 3.32. The Kier molecular flexibility index (Phi) is 1.47. The van der Waals surface area contributed by atoms with Crippen LogP contribution in [0.5, 0.6) is 0 Å². The molecule has 0 radical (unpaired) electrons. The molecule has 0 unspecified atom stereocenters. The lowest BCUT2D eigenvalue weighted by Gasteiger charge is -1.92. The van der Waals surface area contributed by atoms with Crippen LogP contribution in [0.3, 0.4) is 0 Å². The van der Waals surface area contributed by atoms with Crippen LogP contribution >= 0.6 is 0 Å². The fourth-order valence-corrected chi connectivity index (χ4v) is 0.942. The van der Waals surface area contributed by atoms with Gasteiger partial charge in [0, 0.05) is 5.71 Å². The standard InChI is InChI=1S/C7H11N/c1-3-7-4-5-8-6(7)2/h4H,3,5H2,1-2H3. The zero-order chi connectivity index (χ0) is 5.98. The average Bonchev–Trinajstić information content (AvgIpc) is 2.14. The molecule has 44 valence electrons. The predicted molar refractivity (Wildman–Crippen MR) is 36.4 cm³/mol. The summed E-state index contributed by atoms with van der Waals surface area (Å²) in [6.45, 7) is 5.15. The zero-order valence-corrected chi connectivity index (χ0v) is 5.44. The average molecular weight is 109 g/mol. The van der Waals surface area contributed by atoms with E-state index in [-0.39, 0.29) is 0 Å². The minimum absolute atomic E-state index is 0.912. The van der Waals surface area contributed by atoms with E-state index in [1.165, 1.54) is 11.3 Å². The second kappa shape index (κ2) is 2.12. The molecule has 0 fully saturated rings. The van der Waals surface area contributed by atoms with Crippen LogP contribution in [0, 0.1) is 0 Å². The molecular weight excluding hydrogens is 98.1 g/mol. The Morgan fingerprint density at radius 3 is 2.75 bits per heavy atom. The lowest BCUT2D eigenvalue weighted by molar-refractivity contribution is 1.17. The first-order valence-electron chi connectivity index (χ1n) is 3.05. The smallest absolute Gasteiger partial charge is 0.0579 e. The summed E-state index contributed by atoms with van der Waals surface area (Å²) in [5.41, 5.74) is 2.65. The second-order valence-electron chi connectivity index (χ2n) is 2.01. The Labute approximate surface area is 50.1 Å². The van der Waals surface area contributed by atoms with Crippen molar-refractivity contribution in [2.45, 2.75) is 20.3 Å². The Bertz CT molecular complexity index is 142. The quantitative estimate of drug-likeness (QED) is 0.487. The Hall–Kier alpha value is -0.590. The van der Waals surface area contributed by atoms with Crippen LogP contribution < -0.4 is 0 Å². The summed E-state index contributed by atoms with van der Waals surface area (Å²) in [4.78, 5) is 4.21. The molecule has 0 bridgehead atoms. The van der Waals surface area contributed by atoms with Gasteiger partial charge in [0.2, 0.25) is 0 Å². The van der Waals surface area contributed by atoms with E-state index in [0.717, 1.165) is 13.0 Å². The summed E-state index contributed by atoms with van der Waals surface area (Å²) >= 11 is 0. The van der Waals surface area contributed by atoms with Crippen molar-refractivity contribution in [2.75, 3.05) is 6.54 Å². The van der Waals surface area contributed by atoms with Gasteiger partial charge in [-0.3, -0.25) is 4.99 Å². The van der Waals surface area contributed by atoms with Crippen LogP contribution in [0.15, 0.2) is 16.6 Å². The molecule has 0 aromatic heterocycles. The van der Waals surface area contributed by atoms with E-state index in [1.807, 2.05) is 0 Å². The third-order valence-electron chi connectivity index (χ3n) is 1.51. The molecule has 1 heterocycles. The highest BCUT2D eigenvalue weighted by Gasteiger charge is 2.01. The van der Waals surface area contributed by atoms with Gasteiger partial charge in [0.25, 0.3) is 0 Å². The van der Waals surface area contributed by atoms with Crippen molar-refractivity contribution in [3.63, 3.8) is 0 Å². The molecule has 0 saturated carbocycles. The van der Waals surface area contributed by atoms with E-state index in [9.17, 15) is 0 Å². The highest BCUT2D eigenvalue weighted by atomic mass is 14.7. The fraction of sp³-hybridized carbons (Fsp3) is 0.571. The van der Waals surface area contributed by atoms with Crippen molar-refractivity contribution in [2.24, 2.45) is 4.99 Å². The van der Waals surface area contributed by atoms with Crippen molar-refractivity contribution in [3.8, 4) is 0 Å². The number of hydrogen-bond acceptors (Lipinski definition) is 1. The van der Waals surface area contributed by atoms with Crippen LogP contribution in [0.1, 0.15) is 20.3 Å². The summed E-state index contributed by atoms with van der Waals surface area (Å²) in [5, 5.41) is 0. The van der Waals surface area contributed by atoms with Crippen molar-refractivity contribution < 1.29 is 0 Å². The Morgan fingerprint density at radius 2 is 2.50 bits per heavy atom. The van der Waals surface area contributed by atoms with E-state index in [2.05, 4.69) is 24.9 Å². The van der Waals surface area contributed by atoms with E-state index < -0.39 is 0 Å². The van der Waals surface area contributed by atoms with Crippen LogP contribution in [-0.4, -0.2) is 12.3 Å². The monoisotopic (exact) mass is 109 g/mol. The molecule has 0 aromatic rings. The van der Waals surface area contributed by atoms with Gasteiger partial charge >= 0.3 is 0 Å². The predicted octanol–water partition coefficient (Wildman–Crippen LogP) is 1.80. The topological polar surface area (TPSA) is 12.4 Å². The number of nitrogens with zero attached hydrogens (tertiary/aromatic N) is 1. The number of allylic oxidation sites excluding steroid dienone is 1. The number of aliphatic imine (C=N–C) groups is 1. The maximum absolute atomic E-state index is 4.21. The fourth-order valence-electron chi connectivity index (χ4n) is 0.942. The molecule has 1 heteroatoms. The third-order valence-corrected chi connectivity index (χ3v) is 1.51. The molecular formula is C7H11N. The summed E-state index contributed by atoms with van der Waals surface area (Å²) in [7, 11) is 0. The second-order valence-corrected chi connectivity index (χ2v) is 2.01. The highest BCUT2D eigenvalue weighted by molar-refractivity contribution is 5.99. The van der Waals surface area contributed by atoms with Gasteiger partial charge in [0.1, 0.15) is 0 Å². The maximum Gasteiger partial charge on any atom is 0.0579 e. The third kappa shape index (κ3) is 0.808. The first-order valence-corrected chi connectivity index (χ1v) is 3.05. The number of rotatable bonds is 1. The van der Waals surface area contributed by atoms with E-state index in [1.54, 1.807) is 0 Å². The van der Waals surface area contributed by atoms with Crippen molar-refractivity contribution >= 4 is 5.71 Å². The molecule has 0 spiro atoms. The first kappa shape index (κ1) is 5.54. The molecule has 0 aromatic carbocycles. The van der Waals surface area contributed by atoms with Gasteiger partial charge in [0.05, 0.1) is 6.54 Å². The van der Waals surface area contributed by atoms with Crippen molar-refractivity contribution in [1.29, 1.82) is 0 Å². The molecule has 0 atom stereocenters. The normalized spacial score (nSPS) is 18.2. The molecule has 1 nitrogen and oxygen atoms in total. The highest BCUT2D eigenvalue weighted by Crippen LogP contribution is 2.08. The summed E-state index contributed by atoms with van der Waals surface area (Å²) in [6, 6.07) is 0. The van der Waals surface area contributed by atoms with Crippen molar-refractivity contribution in [3.05, 3.63) is 11.6 Å². The van der Waals surface area contributed by atoms with Gasteiger partial charge in [-0.15, -0.1) is 0 Å². The SMILES string of the molecule is CCC1=CCN=C1C. The van der Waals surface area contributed by atoms with Gasteiger partial charge in [-0.25, -0.2) is 0 Å². The maximum atomic E-state index is 4.21. The molecule has 0 saturated heterocycles. The Morgan fingerprint density at radius 1 is 1.75 bits per heavy atom.